The van der Waals surface area contributed by atoms with Crippen molar-refractivity contribution in [2.24, 2.45) is 0 Å². The zero-order valence-electron chi connectivity index (χ0n) is 13.7. The van der Waals surface area contributed by atoms with Crippen molar-refractivity contribution in [2.45, 2.75) is 26.7 Å². The second-order valence-electron chi connectivity index (χ2n) is 5.89. The van der Waals surface area contributed by atoms with Gasteiger partial charge in [-0.15, -0.1) is 0 Å². The maximum atomic E-state index is 11.7. The molecular weight excluding hydrogens is 290 g/mol. The van der Waals surface area contributed by atoms with E-state index in [1.54, 1.807) is 10.7 Å². The van der Waals surface area contributed by atoms with Crippen LogP contribution in [0.4, 0.5) is 0 Å². The Hall–Kier alpha value is -2.69. The van der Waals surface area contributed by atoms with E-state index in [2.05, 4.69) is 43.0 Å². The molecule has 118 valence electrons. The predicted molar refractivity (Wildman–Crippen MR) is 88.6 cm³/mol. The summed E-state index contributed by atoms with van der Waals surface area (Å²) < 4.78 is 6.42. The third kappa shape index (κ3) is 2.82. The predicted octanol–water partition coefficient (Wildman–Crippen LogP) is 3.61. The number of aromatic nitrogens is 3. The van der Waals surface area contributed by atoms with Crippen molar-refractivity contribution < 1.29 is 9.53 Å². The van der Waals surface area contributed by atoms with Crippen LogP contribution in [0.2, 0.25) is 0 Å². The molecule has 3 rings (SSSR count). The average molecular weight is 309 g/mol. The zero-order valence-corrected chi connectivity index (χ0v) is 13.7. The van der Waals surface area contributed by atoms with Gasteiger partial charge in [0.2, 0.25) is 0 Å². The Kier molecular flexibility index (Phi) is 3.86. The van der Waals surface area contributed by atoms with Gasteiger partial charge in [-0.1, -0.05) is 43.7 Å². The van der Waals surface area contributed by atoms with E-state index in [0.29, 0.717) is 5.65 Å². The molecule has 2 heterocycles. The molecule has 0 amide bonds. The molecular formula is C18H19N3O2. The van der Waals surface area contributed by atoms with Gasteiger partial charge in [0.05, 0.1) is 19.0 Å². The Labute approximate surface area is 134 Å². The van der Waals surface area contributed by atoms with Crippen LogP contribution in [0, 0.1) is 6.92 Å². The summed E-state index contributed by atoms with van der Waals surface area (Å²) in [5.74, 6) is -0.195. The van der Waals surface area contributed by atoms with Gasteiger partial charge in [-0.25, -0.2) is 14.3 Å². The van der Waals surface area contributed by atoms with Crippen LogP contribution in [-0.4, -0.2) is 27.7 Å². The van der Waals surface area contributed by atoms with Gasteiger partial charge >= 0.3 is 5.97 Å². The molecule has 3 aromatic rings. The molecule has 0 radical (unpaired) electrons. The molecule has 0 fully saturated rings. The molecule has 0 unspecified atom stereocenters. The number of carbonyl (C=O) groups is 1. The van der Waals surface area contributed by atoms with E-state index in [1.165, 1.54) is 12.7 Å². The number of fused-ring (bicyclic) bond motifs is 1. The van der Waals surface area contributed by atoms with Crippen LogP contribution >= 0.6 is 0 Å². The Bertz CT molecular complexity index is 864. The number of methoxy groups -OCH3 is 1. The summed E-state index contributed by atoms with van der Waals surface area (Å²) >= 11 is 0. The van der Waals surface area contributed by atoms with Gasteiger partial charge in [0.25, 0.3) is 0 Å². The van der Waals surface area contributed by atoms with Crippen molar-refractivity contribution in [3.8, 4) is 11.3 Å². The van der Waals surface area contributed by atoms with Crippen molar-refractivity contribution in [3.63, 3.8) is 0 Å². The topological polar surface area (TPSA) is 56.5 Å². The van der Waals surface area contributed by atoms with Crippen molar-refractivity contribution in [2.75, 3.05) is 7.11 Å². The van der Waals surface area contributed by atoms with Crippen LogP contribution in [-0.2, 0) is 4.74 Å². The molecule has 0 aliphatic heterocycles. The van der Waals surface area contributed by atoms with Gasteiger partial charge in [-0.2, -0.15) is 5.10 Å². The first kappa shape index (κ1) is 15.2. The minimum atomic E-state index is -0.456. The summed E-state index contributed by atoms with van der Waals surface area (Å²) in [5.41, 5.74) is 5.10. The molecule has 0 spiro atoms. The number of hydrogen-bond acceptors (Lipinski definition) is 4. The molecule has 0 bridgehead atoms. The number of nitrogens with zero attached hydrogens (tertiary/aromatic N) is 3. The van der Waals surface area contributed by atoms with E-state index in [-0.39, 0.29) is 11.6 Å². The Morgan fingerprint density at radius 1 is 1.22 bits per heavy atom. The molecule has 0 N–H and O–H groups in total. The van der Waals surface area contributed by atoms with Crippen molar-refractivity contribution in [1.29, 1.82) is 0 Å². The summed E-state index contributed by atoms with van der Waals surface area (Å²) in [6.07, 6.45) is 1.62. The van der Waals surface area contributed by atoms with E-state index in [4.69, 9.17) is 4.74 Å². The summed E-state index contributed by atoms with van der Waals surface area (Å²) in [6.45, 7) is 6.25. The Balaban J connectivity index is 2.21. The second kappa shape index (κ2) is 5.83. The van der Waals surface area contributed by atoms with Crippen LogP contribution in [0.3, 0.4) is 0 Å². The summed E-state index contributed by atoms with van der Waals surface area (Å²) in [6, 6.07) is 10.3. The summed E-state index contributed by atoms with van der Waals surface area (Å²) in [5, 5.41) is 4.60. The number of ether oxygens (including phenoxy) is 1. The highest BCUT2D eigenvalue weighted by Gasteiger charge is 2.17. The lowest BCUT2D eigenvalue weighted by Crippen LogP contribution is -2.01. The monoisotopic (exact) mass is 309 g/mol. The van der Waals surface area contributed by atoms with Gasteiger partial charge in [0.1, 0.15) is 0 Å². The molecule has 1 aromatic carbocycles. The molecule has 0 aliphatic rings. The largest absolute Gasteiger partial charge is 0.464 e. The average Bonchev–Trinajstić information content (AvgIpc) is 2.97. The standard InChI is InChI=1S/C18H19N3O2/c1-11(2)14-9-15(13-7-5-12(3)6-8-13)20-21-10-16(18(22)23-4)19-17(14)21/h5-11H,1-4H3. The number of imidazole rings is 1. The van der Waals surface area contributed by atoms with E-state index in [1.807, 2.05) is 18.2 Å². The summed E-state index contributed by atoms with van der Waals surface area (Å²) in [4.78, 5) is 16.1. The lowest BCUT2D eigenvalue weighted by Gasteiger charge is -2.10. The third-order valence-electron chi connectivity index (χ3n) is 3.82. The number of esters is 1. The first-order valence-electron chi connectivity index (χ1n) is 7.55. The molecule has 0 aliphatic carbocycles. The van der Waals surface area contributed by atoms with Crippen molar-refractivity contribution in [1.82, 2.24) is 14.6 Å². The number of benzene rings is 1. The first-order valence-corrected chi connectivity index (χ1v) is 7.55. The first-order chi connectivity index (χ1) is 11.0. The molecule has 2 aromatic heterocycles. The highest BCUT2D eigenvalue weighted by molar-refractivity contribution is 5.88. The van der Waals surface area contributed by atoms with Crippen molar-refractivity contribution in [3.05, 3.63) is 53.3 Å². The second-order valence-corrected chi connectivity index (χ2v) is 5.89. The van der Waals surface area contributed by atoms with E-state index in [9.17, 15) is 4.79 Å². The van der Waals surface area contributed by atoms with Gasteiger partial charge in [-0.3, -0.25) is 0 Å². The third-order valence-corrected chi connectivity index (χ3v) is 3.82. The quantitative estimate of drug-likeness (QED) is 0.693. The highest BCUT2D eigenvalue weighted by atomic mass is 16.5. The zero-order chi connectivity index (χ0) is 16.6. The van der Waals surface area contributed by atoms with Crippen LogP contribution in [0.1, 0.15) is 41.4 Å². The molecule has 0 atom stereocenters. The van der Waals surface area contributed by atoms with Gasteiger partial charge in [-0.05, 0) is 18.9 Å². The minimum Gasteiger partial charge on any atom is -0.464 e. The van der Waals surface area contributed by atoms with E-state index < -0.39 is 5.97 Å². The Morgan fingerprint density at radius 3 is 2.52 bits per heavy atom. The maximum absolute atomic E-state index is 11.7. The fourth-order valence-corrected chi connectivity index (χ4v) is 2.49. The minimum absolute atomic E-state index is 0.262. The molecule has 0 saturated carbocycles. The van der Waals surface area contributed by atoms with Gasteiger partial charge in [0.15, 0.2) is 11.3 Å². The highest BCUT2D eigenvalue weighted by Crippen LogP contribution is 2.26. The number of aryl methyl sites for hydroxylation is 1. The van der Waals surface area contributed by atoms with Crippen LogP contribution in [0.5, 0.6) is 0 Å². The number of carbonyl (C=O) groups excluding carboxylic acids is 1. The normalized spacial score (nSPS) is 11.2. The van der Waals surface area contributed by atoms with Gasteiger partial charge in [0, 0.05) is 11.1 Å². The number of hydrogen-bond donors (Lipinski definition) is 0. The fraction of sp³-hybridized carbons (Fsp3) is 0.278. The molecule has 0 saturated heterocycles. The SMILES string of the molecule is COC(=O)c1cn2nc(-c3ccc(C)cc3)cc(C(C)C)c2n1. The van der Waals surface area contributed by atoms with Gasteiger partial charge < -0.3 is 4.74 Å². The van der Waals surface area contributed by atoms with E-state index in [0.717, 1.165) is 16.8 Å². The maximum Gasteiger partial charge on any atom is 0.358 e. The lowest BCUT2D eigenvalue weighted by molar-refractivity contribution is 0.0594. The number of rotatable bonds is 3. The van der Waals surface area contributed by atoms with E-state index >= 15 is 0 Å². The van der Waals surface area contributed by atoms with Crippen LogP contribution in [0.15, 0.2) is 36.5 Å². The fourth-order valence-electron chi connectivity index (χ4n) is 2.49. The molecule has 5 nitrogen and oxygen atoms in total. The lowest BCUT2D eigenvalue weighted by atomic mass is 10.0. The smallest absolute Gasteiger partial charge is 0.358 e. The molecule has 23 heavy (non-hydrogen) atoms. The van der Waals surface area contributed by atoms with Crippen LogP contribution in [0.25, 0.3) is 16.9 Å². The molecule has 5 heteroatoms. The summed E-state index contributed by atoms with van der Waals surface area (Å²) in [7, 11) is 1.35. The van der Waals surface area contributed by atoms with Crippen LogP contribution < -0.4 is 0 Å². The van der Waals surface area contributed by atoms with Crippen molar-refractivity contribution >= 4 is 11.6 Å². The Morgan fingerprint density at radius 2 is 1.91 bits per heavy atom.